The molecule has 7 nitrogen and oxygen atoms in total. The Morgan fingerprint density at radius 3 is 2.54 bits per heavy atom. The van der Waals surface area contributed by atoms with E-state index in [9.17, 15) is 9.90 Å². The van der Waals surface area contributed by atoms with Crippen molar-refractivity contribution in [2.45, 2.75) is 19.4 Å². The number of hydrogen-bond acceptors (Lipinski definition) is 6. The van der Waals surface area contributed by atoms with E-state index < -0.39 is 11.9 Å². The summed E-state index contributed by atoms with van der Waals surface area (Å²) in [6.07, 6.45) is 4.98. The van der Waals surface area contributed by atoms with Crippen molar-refractivity contribution in [1.29, 1.82) is 0 Å². The molecule has 0 fully saturated rings. The minimum absolute atomic E-state index is 0.471. The predicted molar refractivity (Wildman–Crippen MR) is 136 cm³/mol. The normalized spacial score (nSPS) is 11.8. The van der Waals surface area contributed by atoms with E-state index in [4.69, 9.17) is 9.97 Å². The highest BCUT2D eigenvalue weighted by Gasteiger charge is 2.18. The smallest absolute Gasteiger partial charge is 0.310 e. The highest BCUT2D eigenvalue weighted by molar-refractivity contribution is 6.02. The molecule has 0 saturated carbocycles. The second kappa shape index (κ2) is 9.69. The Morgan fingerprint density at radius 2 is 1.77 bits per heavy atom. The van der Waals surface area contributed by atoms with Crippen LogP contribution in [-0.4, -0.2) is 31.0 Å². The highest BCUT2D eigenvalue weighted by Crippen LogP contribution is 2.34. The van der Waals surface area contributed by atoms with Gasteiger partial charge in [-0.2, -0.15) is 0 Å². The number of benzene rings is 2. The van der Waals surface area contributed by atoms with Gasteiger partial charge in [-0.1, -0.05) is 48.5 Å². The molecule has 0 radical (unpaired) electrons. The van der Waals surface area contributed by atoms with E-state index in [1.54, 1.807) is 31.6 Å². The van der Waals surface area contributed by atoms with Crippen molar-refractivity contribution < 1.29 is 9.90 Å². The van der Waals surface area contributed by atoms with E-state index in [1.165, 1.54) is 0 Å². The maximum absolute atomic E-state index is 11.5. The van der Waals surface area contributed by atoms with Crippen LogP contribution in [0, 0.1) is 0 Å². The minimum atomic E-state index is -0.909. The molecule has 0 unspecified atom stereocenters. The van der Waals surface area contributed by atoms with Crippen molar-refractivity contribution >= 4 is 22.7 Å². The molecule has 0 saturated heterocycles. The van der Waals surface area contributed by atoms with Crippen LogP contribution in [-0.2, 0) is 11.3 Å². The number of nitrogens with one attached hydrogen (secondary N) is 1. The summed E-state index contributed by atoms with van der Waals surface area (Å²) >= 11 is 0. The molecule has 0 amide bonds. The molecule has 0 spiro atoms. The van der Waals surface area contributed by atoms with Crippen molar-refractivity contribution in [3.05, 3.63) is 103 Å². The molecule has 1 atom stereocenters. The Balaban J connectivity index is 1.66. The van der Waals surface area contributed by atoms with Gasteiger partial charge in [-0.15, -0.1) is 0 Å². The summed E-state index contributed by atoms with van der Waals surface area (Å²) in [5, 5.41) is 13.8. The first kappa shape index (κ1) is 22.2. The topological polar surface area (TPSA) is 101 Å². The molecule has 7 heteroatoms. The summed E-state index contributed by atoms with van der Waals surface area (Å²) in [7, 11) is 0. The fourth-order valence-corrected chi connectivity index (χ4v) is 3.93. The van der Waals surface area contributed by atoms with Crippen molar-refractivity contribution in [1.82, 2.24) is 19.9 Å². The Bertz CT molecular complexity index is 1490. The van der Waals surface area contributed by atoms with Gasteiger partial charge in [0.1, 0.15) is 5.82 Å². The molecule has 3 heterocycles. The zero-order valence-electron chi connectivity index (χ0n) is 19.1. The molecular formula is C28H23N5O2. The second-order valence-electron chi connectivity index (χ2n) is 8.20. The van der Waals surface area contributed by atoms with E-state index in [2.05, 4.69) is 33.5 Å². The van der Waals surface area contributed by atoms with Crippen LogP contribution >= 0.6 is 0 Å². The zero-order valence-corrected chi connectivity index (χ0v) is 19.1. The van der Waals surface area contributed by atoms with Crippen LogP contribution in [0.25, 0.3) is 33.4 Å². The average molecular weight is 462 g/mol. The molecule has 0 aliphatic carbocycles. The summed E-state index contributed by atoms with van der Waals surface area (Å²) in [5.74, 6) is -0.451. The number of aromatic nitrogens is 4. The molecule has 3 aromatic heterocycles. The number of carboxylic acids is 1. The number of anilines is 1. The summed E-state index contributed by atoms with van der Waals surface area (Å²) in [5.41, 5.74) is 5.00. The first-order valence-electron chi connectivity index (χ1n) is 11.3. The lowest BCUT2D eigenvalue weighted by Gasteiger charge is -2.15. The maximum atomic E-state index is 11.5. The lowest BCUT2D eigenvalue weighted by Crippen LogP contribution is -2.08. The first-order valence-corrected chi connectivity index (χ1v) is 11.3. The van der Waals surface area contributed by atoms with Crippen LogP contribution in [0.2, 0.25) is 0 Å². The zero-order chi connectivity index (χ0) is 24.2. The SMILES string of the molecule is C[C@@H](C(=O)O)c1cncc(-c2nc(NCc3ccccn3)c3c(-c4ccccc4)cccc3n2)c1. The monoisotopic (exact) mass is 461 g/mol. The third kappa shape index (κ3) is 4.70. The fraction of sp³-hybridized carbons (Fsp3) is 0.107. The number of pyridine rings is 2. The number of carbonyl (C=O) groups is 1. The van der Waals surface area contributed by atoms with Gasteiger partial charge in [-0.25, -0.2) is 9.97 Å². The van der Waals surface area contributed by atoms with E-state index in [0.717, 1.165) is 27.7 Å². The van der Waals surface area contributed by atoms with Crippen LogP contribution < -0.4 is 5.32 Å². The largest absolute Gasteiger partial charge is 0.481 e. The van der Waals surface area contributed by atoms with Gasteiger partial charge in [-0.05, 0) is 47.9 Å². The summed E-state index contributed by atoms with van der Waals surface area (Å²) in [6.45, 7) is 2.13. The van der Waals surface area contributed by atoms with Gasteiger partial charge < -0.3 is 10.4 Å². The van der Waals surface area contributed by atoms with E-state index in [-0.39, 0.29) is 0 Å². The van der Waals surface area contributed by atoms with Gasteiger partial charge in [0.15, 0.2) is 5.82 Å². The average Bonchev–Trinajstić information content (AvgIpc) is 2.92. The van der Waals surface area contributed by atoms with Gasteiger partial charge in [0.25, 0.3) is 0 Å². The van der Waals surface area contributed by atoms with Crippen molar-refractivity contribution in [3.8, 4) is 22.5 Å². The fourth-order valence-electron chi connectivity index (χ4n) is 3.93. The standard InChI is InChI=1S/C28H23N5O2/c1-18(28(34)35)20-14-21(16-29-15-20)26-32-24-12-7-11-23(19-8-3-2-4-9-19)25(24)27(33-26)31-17-22-10-5-6-13-30-22/h2-16,18H,17H2,1H3,(H,34,35)(H,31,32,33)/t18-/m1/s1. The van der Waals surface area contributed by atoms with Crippen LogP contribution in [0.5, 0.6) is 0 Å². The third-order valence-corrected chi connectivity index (χ3v) is 5.86. The Morgan fingerprint density at radius 1 is 0.943 bits per heavy atom. The minimum Gasteiger partial charge on any atom is -0.481 e. The Kier molecular flexibility index (Phi) is 6.13. The number of carboxylic acid groups (broad SMARTS) is 1. The molecule has 0 aliphatic heterocycles. The maximum Gasteiger partial charge on any atom is 0.310 e. The molecule has 2 aromatic carbocycles. The quantitative estimate of drug-likeness (QED) is 0.327. The van der Waals surface area contributed by atoms with E-state index in [1.807, 2.05) is 48.5 Å². The summed E-state index contributed by atoms with van der Waals surface area (Å²) in [6, 6.07) is 23.7. The summed E-state index contributed by atoms with van der Waals surface area (Å²) in [4.78, 5) is 29.9. The number of nitrogens with zero attached hydrogens (tertiary/aromatic N) is 4. The van der Waals surface area contributed by atoms with Crippen LogP contribution in [0.4, 0.5) is 5.82 Å². The summed E-state index contributed by atoms with van der Waals surface area (Å²) < 4.78 is 0. The number of hydrogen-bond donors (Lipinski definition) is 2. The molecule has 35 heavy (non-hydrogen) atoms. The van der Waals surface area contributed by atoms with Gasteiger partial charge >= 0.3 is 5.97 Å². The number of aliphatic carboxylic acids is 1. The van der Waals surface area contributed by atoms with Crippen molar-refractivity contribution in [2.24, 2.45) is 0 Å². The Hall–Kier alpha value is -4.65. The molecule has 5 aromatic rings. The van der Waals surface area contributed by atoms with Crippen LogP contribution in [0.1, 0.15) is 24.1 Å². The van der Waals surface area contributed by atoms with Gasteiger partial charge in [0, 0.05) is 24.2 Å². The second-order valence-corrected chi connectivity index (χ2v) is 8.20. The van der Waals surface area contributed by atoms with Crippen molar-refractivity contribution in [2.75, 3.05) is 5.32 Å². The lowest BCUT2D eigenvalue weighted by molar-refractivity contribution is -0.138. The first-order chi connectivity index (χ1) is 17.1. The highest BCUT2D eigenvalue weighted by atomic mass is 16.4. The van der Waals surface area contributed by atoms with Crippen molar-refractivity contribution in [3.63, 3.8) is 0 Å². The van der Waals surface area contributed by atoms with Gasteiger partial charge in [-0.3, -0.25) is 14.8 Å². The molecule has 172 valence electrons. The lowest BCUT2D eigenvalue weighted by atomic mass is 10.00. The van der Waals surface area contributed by atoms with E-state index >= 15 is 0 Å². The van der Waals surface area contributed by atoms with Crippen LogP contribution in [0.3, 0.4) is 0 Å². The molecular weight excluding hydrogens is 438 g/mol. The number of rotatable bonds is 7. The van der Waals surface area contributed by atoms with Gasteiger partial charge in [0.2, 0.25) is 0 Å². The van der Waals surface area contributed by atoms with E-state index in [0.29, 0.717) is 29.3 Å². The third-order valence-electron chi connectivity index (χ3n) is 5.86. The predicted octanol–water partition coefficient (Wildman–Crippen LogP) is 5.55. The Labute approximate surface area is 202 Å². The number of fused-ring (bicyclic) bond motifs is 1. The van der Waals surface area contributed by atoms with Gasteiger partial charge in [0.05, 0.1) is 29.1 Å². The molecule has 0 aliphatic rings. The molecule has 0 bridgehead atoms. The molecule has 2 N–H and O–H groups in total. The van der Waals surface area contributed by atoms with Crippen LogP contribution in [0.15, 0.2) is 91.4 Å². The molecule has 5 rings (SSSR count).